The Labute approximate surface area is 213 Å². The molecule has 0 radical (unpaired) electrons. The molecule has 0 bridgehead atoms. The quantitative estimate of drug-likeness (QED) is 0.403. The van der Waals surface area contributed by atoms with Crippen LogP contribution in [0.2, 0.25) is 0 Å². The van der Waals surface area contributed by atoms with Crippen molar-refractivity contribution < 1.29 is 27.5 Å². The van der Waals surface area contributed by atoms with Crippen LogP contribution in [0.1, 0.15) is 43.7 Å². The van der Waals surface area contributed by atoms with Crippen LogP contribution in [-0.4, -0.2) is 65.9 Å². The summed E-state index contributed by atoms with van der Waals surface area (Å²) in [5.74, 6) is -0.729. The van der Waals surface area contributed by atoms with Gasteiger partial charge >= 0.3 is 0 Å². The second-order valence-electron chi connectivity index (χ2n) is 9.29. The molecule has 2 aromatic heterocycles. The number of aliphatic hydroxyl groups is 1. The Morgan fingerprint density at radius 3 is 2.78 bits per heavy atom. The molecule has 3 aromatic rings. The van der Waals surface area contributed by atoms with Crippen molar-refractivity contribution in [2.24, 2.45) is 5.92 Å². The van der Waals surface area contributed by atoms with Crippen molar-refractivity contribution in [1.29, 1.82) is 0 Å². The summed E-state index contributed by atoms with van der Waals surface area (Å²) in [6.45, 7) is 3.93. The van der Waals surface area contributed by atoms with E-state index in [-0.39, 0.29) is 29.1 Å². The van der Waals surface area contributed by atoms with Gasteiger partial charge in [-0.25, -0.2) is 13.4 Å². The summed E-state index contributed by atoms with van der Waals surface area (Å²) in [7, 11) is -3.82. The van der Waals surface area contributed by atoms with Gasteiger partial charge in [0.25, 0.3) is 15.9 Å². The Morgan fingerprint density at radius 2 is 2.08 bits per heavy atom. The molecule has 3 atom stereocenters. The second kappa shape index (κ2) is 11.1. The van der Waals surface area contributed by atoms with Crippen LogP contribution < -0.4 is 10.6 Å². The van der Waals surface area contributed by atoms with Crippen molar-refractivity contribution >= 4 is 44.1 Å². The number of fused-ring (bicyclic) bond motifs is 1. The van der Waals surface area contributed by atoms with E-state index in [1.165, 1.54) is 10.5 Å². The number of para-hydroxylation sites is 1. The number of aromatic nitrogens is 1. The Hall–Kier alpha value is -2.80. The number of thiazole rings is 1. The number of rotatable bonds is 8. The zero-order valence-corrected chi connectivity index (χ0v) is 21.7. The lowest BCUT2D eigenvalue weighted by Crippen LogP contribution is -2.54. The van der Waals surface area contributed by atoms with Crippen molar-refractivity contribution in [3.05, 3.63) is 47.7 Å². The molecule has 1 saturated heterocycles. The molecule has 12 heteroatoms. The van der Waals surface area contributed by atoms with E-state index in [0.717, 1.165) is 16.7 Å². The Bertz CT molecular complexity index is 1270. The molecule has 0 saturated carbocycles. The second-order valence-corrected chi connectivity index (χ2v) is 12.3. The number of furan rings is 1. The number of nitrogens with one attached hydrogen (secondary N) is 2. The largest absolute Gasteiger partial charge is 0.451 e. The first-order valence-electron chi connectivity index (χ1n) is 11.8. The van der Waals surface area contributed by atoms with Crippen molar-refractivity contribution in [2.75, 3.05) is 13.1 Å². The number of benzene rings is 1. The molecule has 194 valence electrons. The third-order valence-corrected chi connectivity index (χ3v) is 9.10. The maximum Gasteiger partial charge on any atom is 0.287 e. The lowest BCUT2D eigenvalue weighted by molar-refractivity contribution is -0.125. The molecular weight excluding hydrogens is 504 g/mol. The molecular formula is C24H30N4O6S2. The van der Waals surface area contributed by atoms with E-state index in [4.69, 9.17) is 4.42 Å². The molecule has 1 fully saturated rings. The third kappa shape index (κ3) is 5.94. The SMILES string of the molecule is CC(C)CC(NC(=O)c1cc2ccccc2o1)C(=O)NC1CCCN(S(=O)(=O)c2nccs2)C[C@@H]1O. The average Bonchev–Trinajstić information content (AvgIpc) is 3.49. The molecule has 1 aliphatic rings. The van der Waals surface area contributed by atoms with Gasteiger partial charge in [0.05, 0.1) is 12.1 Å². The highest BCUT2D eigenvalue weighted by atomic mass is 32.2. The van der Waals surface area contributed by atoms with E-state index in [1.807, 2.05) is 32.0 Å². The zero-order valence-electron chi connectivity index (χ0n) is 20.1. The normalized spacial score (nSPS) is 20.2. The van der Waals surface area contributed by atoms with Gasteiger partial charge in [0, 0.05) is 30.1 Å². The molecule has 3 heterocycles. The molecule has 0 spiro atoms. The van der Waals surface area contributed by atoms with Gasteiger partial charge in [0.1, 0.15) is 11.6 Å². The van der Waals surface area contributed by atoms with Gasteiger partial charge in [0.2, 0.25) is 10.2 Å². The van der Waals surface area contributed by atoms with Gasteiger partial charge in [-0.3, -0.25) is 9.59 Å². The molecule has 2 amide bonds. The van der Waals surface area contributed by atoms with Gasteiger partial charge in [-0.05, 0) is 37.3 Å². The van der Waals surface area contributed by atoms with E-state index < -0.39 is 40.0 Å². The van der Waals surface area contributed by atoms with Crippen LogP contribution in [0.5, 0.6) is 0 Å². The van der Waals surface area contributed by atoms with Gasteiger partial charge in [-0.15, -0.1) is 11.3 Å². The van der Waals surface area contributed by atoms with E-state index in [9.17, 15) is 23.1 Å². The zero-order chi connectivity index (χ0) is 25.9. The van der Waals surface area contributed by atoms with Crippen LogP contribution in [0.15, 0.2) is 50.7 Å². The van der Waals surface area contributed by atoms with E-state index in [1.54, 1.807) is 17.5 Å². The average molecular weight is 535 g/mol. The highest BCUT2D eigenvalue weighted by molar-refractivity contribution is 7.91. The third-order valence-electron chi connectivity index (χ3n) is 6.05. The number of sulfonamides is 1. The number of amides is 2. The van der Waals surface area contributed by atoms with E-state index in [2.05, 4.69) is 15.6 Å². The predicted molar refractivity (Wildman–Crippen MR) is 135 cm³/mol. The predicted octanol–water partition coefficient (Wildman–Crippen LogP) is 2.36. The van der Waals surface area contributed by atoms with Gasteiger partial charge in [-0.2, -0.15) is 4.31 Å². The molecule has 4 rings (SSSR count). The monoisotopic (exact) mass is 534 g/mol. The Morgan fingerprint density at radius 1 is 1.31 bits per heavy atom. The molecule has 36 heavy (non-hydrogen) atoms. The van der Waals surface area contributed by atoms with E-state index >= 15 is 0 Å². The van der Waals surface area contributed by atoms with Crippen LogP contribution in [0.4, 0.5) is 0 Å². The summed E-state index contributed by atoms with van der Waals surface area (Å²) in [5.41, 5.74) is 0.575. The molecule has 3 N–H and O–H groups in total. The topological polar surface area (TPSA) is 142 Å². The summed E-state index contributed by atoms with van der Waals surface area (Å²) >= 11 is 1.02. The van der Waals surface area contributed by atoms with Gasteiger partial charge in [-0.1, -0.05) is 32.0 Å². The minimum Gasteiger partial charge on any atom is -0.451 e. The number of β-amino-alcohol motifs (C(OH)–C–C–N with tert-alkyl or cyclic N) is 1. The lowest BCUT2D eigenvalue weighted by Gasteiger charge is -2.27. The Balaban J connectivity index is 1.43. The minimum atomic E-state index is -3.82. The number of carbonyl (C=O) groups is 2. The fourth-order valence-electron chi connectivity index (χ4n) is 4.25. The molecule has 0 aliphatic carbocycles. The summed E-state index contributed by atoms with van der Waals surface area (Å²) in [6.07, 6.45) is 1.53. The molecule has 1 aliphatic heterocycles. The number of aliphatic hydroxyl groups excluding tert-OH is 1. The van der Waals surface area contributed by atoms with Crippen LogP contribution in [0, 0.1) is 5.92 Å². The smallest absolute Gasteiger partial charge is 0.287 e. The number of carbonyl (C=O) groups excluding carboxylic acids is 2. The summed E-state index contributed by atoms with van der Waals surface area (Å²) in [6, 6.07) is 7.36. The lowest BCUT2D eigenvalue weighted by atomic mass is 10.0. The van der Waals surface area contributed by atoms with E-state index in [0.29, 0.717) is 24.8 Å². The highest BCUT2D eigenvalue weighted by Crippen LogP contribution is 2.23. The van der Waals surface area contributed by atoms with Crippen LogP contribution >= 0.6 is 11.3 Å². The first-order chi connectivity index (χ1) is 17.1. The summed E-state index contributed by atoms with van der Waals surface area (Å²) in [5, 5.41) is 18.8. The number of hydrogen-bond acceptors (Lipinski definition) is 8. The van der Waals surface area contributed by atoms with Crippen molar-refractivity contribution in [3.8, 4) is 0 Å². The van der Waals surface area contributed by atoms with Gasteiger partial charge in [0.15, 0.2) is 5.76 Å². The minimum absolute atomic E-state index is 0.0255. The van der Waals surface area contributed by atoms with Crippen molar-refractivity contribution in [3.63, 3.8) is 0 Å². The fraction of sp³-hybridized carbons (Fsp3) is 0.458. The fourth-order valence-corrected chi connectivity index (χ4v) is 6.71. The molecule has 2 unspecified atom stereocenters. The highest BCUT2D eigenvalue weighted by Gasteiger charge is 2.35. The first-order valence-corrected chi connectivity index (χ1v) is 14.1. The summed E-state index contributed by atoms with van der Waals surface area (Å²) in [4.78, 5) is 30.0. The van der Waals surface area contributed by atoms with Crippen molar-refractivity contribution in [1.82, 2.24) is 19.9 Å². The molecule has 1 aromatic carbocycles. The van der Waals surface area contributed by atoms with Crippen molar-refractivity contribution in [2.45, 2.75) is 55.6 Å². The first kappa shape index (κ1) is 26.3. The van der Waals surface area contributed by atoms with Crippen LogP contribution in [0.25, 0.3) is 11.0 Å². The van der Waals surface area contributed by atoms with Gasteiger partial charge < -0.3 is 20.2 Å². The molecule has 10 nitrogen and oxygen atoms in total. The number of hydrogen-bond donors (Lipinski definition) is 3. The van der Waals surface area contributed by atoms with Crippen LogP contribution in [-0.2, 0) is 14.8 Å². The standard InChI is InChI=1S/C24H30N4O6S2/c1-15(2)12-18(27-23(31)21-13-16-6-3-4-8-20(16)34-21)22(30)26-17-7-5-10-28(14-19(17)29)36(32,33)24-25-9-11-35-24/h3-4,6,8-9,11,13,15,17-19,29H,5,7,10,12,14H2,1-2H3,(H,26,30)(H,27,31)/t17?,18?,19-/m0/s1. The van der Waals surface area contributed by atoms with Crippen LogP contribution in [0.3, 0.4) is 0 Å². The number of nitrogens with zero attached hydrogens (tertiary/aromatic N) is 2. The maximum absolute atomic E-state index is 13.2. The summed E-state index contributed by atoms with van der Waals surface area (Å²) < 4.78 is 32.5. The Kier molecular flexibility index (Phi) is 8.08. The maximum atomic E-state index is 13.2.